The molecule has 10 heteroatoms. The molecule has 0 unspecified atom stereocenters. The first-order chi connectivity index (χ1) is 23.1. The molecule has 4 aromatic carbocycles. The molecule has 6 rings (SSSR count). The summed E-state index contributed by atoms with van der Waals surface area (Å²) in [5.74, 6) is -1.96. The predicted molar refractivity (Wildman–Crippen MR) is 189 cm³/mol. The highest BCUT2D eigenvalue weighted by Crippen LogP contribution is 2.33. The highest BCUT2D eigenvalue weighted by atomic mass is 32.2. The molecule has 248 valence electrons. The van der Waals surface area contributed by atoms with Crippen molar-refractivity contribution in [3.05, 3.63) is 130 Å². The van der Waals surface area contributed by atoms with E-state index in [0.717, 1.165) is 32.0 Å². The standard InChI is InChI=1S/C20H21NO3S.C18H17NO3S/c1-3-24-19(23)20(12-14-8-4-5-9-15(14)13-20)21-18(22)16-10-6-7-11-17(16)25-2;1-23-15-9-5-4-8-14(15)16(20)19-18(17(21)22)10-12-6-2-3-7-13(12)11-18/h4-11H,3,12-13H2,1-2H3,(H,21,22);2-9H,10-11H2,1H3,(H,19,20)(H,21,22). The Balaban J connectivity index is 0.000000188. The Morgan fingerprint density at radius 3 is 1.35 bits per heavy atom. The third-order valence-electron chi connectivity index (χ3n) is 8.69. The van der Waals surface area contributed by atoms with E-state index in [1.54, 1.807) is 25.1 Å². The summed E-state index contributed by atoms with van der Waals surface area (Å²) in [5, 5.41) is 15.5. The first-order valence-electron chi connectivity index (χ1n) is 15.6. The van der Waals surface area contributed by atoms with Crippen LogP contribution in [0.5, 0.6) is 0 Å². The van der Waals surface area contributed by atoms with Crippen LogP contribution < -0.4 is 10.6 Å². The number of esters is 1. The van der Waals surface area contributed by atoms with Crippen molar-refractivity contribution in [2.24, 2.45) is 0 Å². The van der Waals surface area contributed by atoms with E-state index >= 15 is 0 Å². The van der Waals surface area contributed by atoms with Crippen molar-refractivity contribution in [1.29, 1.82) is 0 Å². The van der Waals surface area contributed by atoms with E-state index in [9.17, 15) is 24.3 Å². The molecular formula is C38H38N2O6S2. The van der Waals surface area contributed by atoms with Gasteiger partial charge in [0.25, 0.3) is 11.8 Å². The zero-order chi connectivity index (χ0) is 34.3. The average Bonchev–Trinajstić information content (AvgIpc) is 3.68. The maximum absolute atomic E-state index is 12.9. The van der Waals surface area contributed by atoms with E-state index in [4.69, 9.17) is 4.74 Å². The van der Waals surface area contributed by atoms with Crippen LogP contribution in [-0.2, 0) is 40.0 Å². The molecule has 0 bridgehead atoms. The third-order valence-corrected chi connectivity index (χ3v) is 10.3. The van der Waals surface area contributed by atoms with Crippen LogP contribution in [0.2, 0.25) is 0 Å². The number of hydrogen-bond donors (Lipinski definition) is 3. The third kappa shape index (κ3) is 7.29. The normalized spacial score (nSPS) is 14.8. The van der Waals surface area contributed by atoms with E-state index in [1.807, 2.05) is 91.4 Å². The highest BCUT2D eigenvalue weighted by molar-refractivity contribution is 7.99. The Morgan fingerprint density at radius 1 is 0.625 bits per heavy atom. The van der Waals surface area contributed by atoms with Crippen molar-refractivity contribution in [3.63, 3.8) is 0 Å². The van der Waals surface area contributed by atoms with Crippen molar-refractivity contribution in [2.75, 3.05) is 19.1 Å². The van der Waals surface area contributed by atoms with Gasteiger partial charge in [-0.25, -0.2) is 9.59 Å². The van der Waals surface area contributed by atoms with Crippen LogP contribution in [0.1, 0.15) is 49.9 Å². The van der Waals surface area contributed by atoms with Crippen LogP contribution in [0.25, 0.3) is 0 Å². The van der Waals surface area contributed by atoms with Crippen molar-refractivity contribution >= 4 is 47.3 Å². The molecule has 0 saturated carbocycles. The van der Waals surface area contributed by atoms with Crippen LogP contribution in [0.4, 0.5) is 0 Å². The van der Waals surface area contributed by atoms with Gasteiger partial charge < -0.3 is 20.5 Å². The highest BCUT2D eigenvalue weighted by Gasteiger charge is 2.47. The maximum atomic E-state index is 12.9. The fraction of sp³-hybridized carbons (Fsp3) is 0.263. The minimum Gasteiger partial charge on any atom is -0.479 e. The van der Waals surface area contributed by atoms with Crippen LogP contribution in [0, 0.1) is 0 Å². The lowest BCUT2D eigenvalue weighted by atomic mass is 9.95. The number of thioether (sulfide) groups is 2. The van der Waals surface area contributed by atoms with Crippen LogP contribution in [0.3, 0.4) is 0 Å². The van der Waals surface area contributed by atoms with Crippen LogP contribution in [-0.4, -0.2) is 59.1 Å². The monoisotopic (exact) mass is 682 g/mol. The molecule has 0 radical (unpaired) electrons. The lowest BCUT2D eigenvalue weighted by molar-refractivity contribution is -0.150. The molecule has 0 fully saturated rings. The molecule has 3 N–H and O–H groups in total. The summed E-state index contributed by atoms with van der Waals surface area (Å²) in [6.45, 7) is 2.06. The number of amides is 2. The second kappa shape index (κ2) is 15.1. The van der Waals surface area contributed by atoms with Gasteiger partial charge in [0, 0.05) is 35.5 Å². The van der Waals surface area contributed by atoms with E-state index in [0.29, 0.717) is 36.8 Å². The molecule has 0 aromatic heterocycles. The van der Waals surface area contributed by atoms with Crippen molar-refractivity contribution in [2.45, 2.75) is 53.5 Å². The van der Waals surface area contributed by atoms with E-state index in [1.165, 1.54) is 23.5 Å². The zero-order valence-electron chi connectivity index (χ0n) is 27.1. The van der Waals surface area contributed by atoms with Gasteiger partial charge in [0.05, 0.1) is 17.7 Å². The lowest BCUT2D eigenvalue weighted by Gasteiger charge is -2.28. The number of hydrogen-bond acceptors (Lipinski definition) is 7. The van der Waals surface area contributed by atoms with Crippen molar-refractivity contribution in [1.82, 2.24) is 10.6 Å². The Labute approximate surface area is 289 Å². The van der Waals surface area contributed by atoms with Gasteiger partial charge in [0.1, 0.15) is 11.1 Å². The van der Waals surface area contributed by atoms with Crippen LogP contribution >= 0.6 is 23.5 Å². The van der Waals surface area contributed by atoms with E-state index in [2.05, 4.69) is 10.6 Å². The summed E-state index contributed by atoms with van der Waals surface area (Å²) in [6, 6.07) is 30.1. The molecule has 2 aliphatic rings. The Kier molecular flexibility index (Phi) is 11.0. The topological polar surface area (TPSA) is 122 Å². The minimum atomic E-state index is -1.27. The number of rotatable bonds is 9. The molecule has 4 aromatic rings. The predicted octanol–water partition coefficient (Wildman–Crippen LogP) is 6.00. The van der Waals surface area contributed by atoms with E-state index in [-0.39, 0.29) is 24.4 Å². The fourth-order valence-electron chi connectivity index (χ4n) is 6.31. The Morgan fingerprint density at radius 2 is 0.979 bits per heavy atom. The van der Waals surface area contributed by atoms with Crippen molar-refractivity contribution < 1.29 is 29.0 Å². The summed E-state index contributed by atoms with van der Waals surface area (Å²) in [6.07, 6.45) is 5.35. The van der Waals surface area contributed by atoms with Crippen LogP contribution in [0.15, 0.2) is 107 Å². The quantitative estimate of drug-likeness (QED) is 0.145. The van der Waals surface area contributed by atoms with Gasteiger partial charge in [-0.3, -0.25) is 9.59 Å². The average molecular weight is 683 g/mol. The number of aliphatic carboxylic acids is 1. The molecule has 0 spiro atoms. The largest absolute Gasteiger partial charge is 0.479 e. The fourth-order valence-corrected chi connectivity index (χ4v) is 7.50. The molecule has 0 aliphatic heterocycles. The van der Waals surface area contributed by atoms with Gasteiger partial charge in [0.2, 0.25) is 0 Å². The SMILES string of the molecule is CCOC(=O)C1(NC(=O)c2ccccc2SC)Cc2ccccc2C1.CSc1ccccc1C(=O)NC1(C(=O)O)Cc2ccccc2C1. The summed E-state index contributed by atoms with van der Waals surface area (Å²) in [4.78, 5) is 51.9. The van der Waals surface area contributed by atoms with Gasteiger partial charge in [-0.1, -0.05) is 72.8 Å². The van der Waals surface area contributed by atoms with E-state index < -0.39 is 17.0 Å². The van der Waals surface area contributed by atoms with Gasteiger partial charge in [0.15, 0.2) is 0 Å². The second-order valence-electron chi connectivity index (χ2n) is 11.7. The Hall–Kier alpha value is -4.54. The molecule has 2 amide bonds. The Bertz CT molecular complexity index is 1790. The molecule has 0 heterocycles. The minimum absolute atomic E-state index is 0.245. The van der Waals surface area contributed by atoms with Gasteiger partial charge in [-0.05, 0) is 66.0 Å². The van der Waals surface area contributed by atoms with Gasteiger partial charge >= 0.3 is 11.9 Å². The smallest absolute Gasteiger partial charge is 0.332 e. The number of carbonyl (C=O) groups is 4. The number of benzene rings is 4. The van der Waals surface area contributed by atoms with Crippen molar-refractivity contribution in [3.8, 4) is 0 Å². The number of nitrogens with one attached hydrogen (secondary N) is 2. The number of fused-ring (bicyclic) bond motifs is 2. The molecule has 48 heavy (non-hydrogen) atoms. The number of ether oxygens (including phenoxy) is 1. The maximum Gasteiger partial charge on any atom is 0.332 e. The first kappa shape index (κ1) is 34.8. The first-order valence-corrected chi connectivity index (χ1v) is 18.1. The second-order valence-corrected chi connectivity index (χ2v) is 13.4. The lowest BCUT2D eigenvalue weighted by Crippen LogP contribution is -2.56. The molecular weight excluding hydrogens is 645 g/mol. The van der Waals surface area contributed by atoms with Gasteiger partial charge in [-0.15, -0.1) is 23.5 Å². The molecule has 0 saturated heterocycles. The number of carboxylic acid groups (broad SMARTS) is 1. The molecule has 0 atom stereocenters. The number of carbonyl (C=O) groups excluding carboxylic acids is 3. The van der Waals surface area contributed by atoms with Gasteiger partial charge in [-0.2, -0.15) is 0 Å². The summed E-state index contributed by atoms with van der Waals surface area (Å²) in [7, 11) is 0. The summed E-state index contributed by atoms with van der Waals surface area (Å²) >= 11 is 2.98. The number of carboxylic acids is 1. The molecule has 2 aliphatic carbocycles. The summed E-state index contributed by atoms with van der Waals surface area (Å²) < 4.78 is 5.29. The molecule has 8 nitrogen and oxygen atoms in total. The summed E-state index contributed by atoms with van der Waals surface area (Å²) in [5.41, 5.74) is 2.89. The zero-order valence-corrected chi connectivity index (χ0v) is 28.7.